The van der Waals surface area contributed by atoms with Gasteiger partial charge >= 0.3 is 0 Å². The predicted molar refractivity (Wildman–Crippen MR) is 92.8 cm³/mol. The minimum Gasteiger partial charge on any atom is -0.376 e. The summed E-state index contributed by atoms with van der Waals surface area (Å²) < 4.78 is 27.7. The van der Waals surface area contributed by atoms with Gasteiger partial charge in [0.15, 0.2) is 0 Å². The Hall–Kier alpha value is -1.44. The van der Waals surface area contributed by atoms with Crippen molar-refractivity contribution in [2.45, 2.75) is 45.3 Å². The standard InChI is InChI=1S/C17H26N2O4S/c1-14-5-2-6-15(11-14)12-19(13-16-7-3-9-23-16)17(20)8-4-10-24(18,21)22/h2,5-6,11,16H,3-4,7-10,12-13H2,1H3,(H2,18,21,22). The number of nitrogens with two attached hydrogens (primary N) is 1. The van der Waals surface area contributed by atoms with Crippen molar-refractivity contribution in [2.24, 2.45) is 5.14 Å². The molecule has 0 aromatic heterocycles. The van der Waals surface area contributed by atoms with Crippen LogP contribution in [0.1, 0.15) is 36.8 Å². The smallest absolute Gasteiger partial charge is 0.222 e. The van der Waals surface area contributed by atoms with Crippen LogP contribution >= 0.6 is 0 Å². The Balaban J connectivity index is 1.99. The van der Waals surface area contributed by atoms with Crippen LogP contribution in [0.15, 0.2) is 24.3 Å². The molecule has 1 fully saturated rings. The van der Waals surface area contributed by atoms with E-state index in [2.05, 4.69) is 6.07 Å². The van der Waals surface area contributed by atoms with E-state index in [1.165, 1.54) is 0 Å². The lowest BCUT2D eigenvalue weighted by Crippen LogP contribution is -2.37. The van der Waals surface area contributed by atoms with E-state index in [0.717, 1.165) is 30.6 Å². The van der Waals surface area contributed by atoms with Crippen LogP contribution in [-0.2, 0) is 26.1 Å². The molecule has 0 bridgehead atoms. The Morgan fingerprint density at radius 1 is 1.42 bits per heavy atom. The maximum atomic E-state index is 12.5. The Kier molecular flexibility index (Phi) is 6.77. The second kappa shape index (κ2) is 8.60. The Labute approximate surface area is 144 Å². The highest BCUT2D eigenvalue weighted by Crippen LogP contribution is 2.17. The van der Waals surface area contributed by atoms with Crippen LogP contribution in [0.5, 0.6) is 0 Å². The highest BCUT2D eigenvalue weighted by Gasteiger charge is 2.23. The number of rotatable bonds is 8. The monoisotopic (exact) mass is 354 g/mol. The van der Waals surface area contributed by atoms with Gasteiger partial charge in [0.1, 0.15) is 0 Å². The normalized spacial score (nSPS) is 17.8. The van der Waals surface area contributed by atoms with Crippen LogP contribution in [0.2, 0.25) is 0 Å². The van der Waals surface area contributed by atoms with Crippen LogP contribution in [0.4, 0.5) is 0 Å². The number of hydrogen-bond donors (Lipinski definition) is 1. The molecule has 24 heavy (non-hydrogen) atoms. The Morgan fingerprint density at radius 2 is 2.21 bits per heavy atom. The molecule has 1 aliphatic rings. The molecule has 1 amide bonds. The molecule has 1 heterocycles. The van der Waals surface area contributed by atoms with Gasteiger partial charge in [0.2, 0.25) is 15.9 Å². The first kappa shape index (κ1) is 18.9. The number of carbonyl (C=O) groups excluding carboxylic acids is 1. The van der Waals surface area contributed by atoms with Gasteiger partial charge in [-0.25, -0.2) is 13.6 Å². The van der Waals surface area contributed by atoms with Crippen molar-refractivity contribution in [1.82, 2.24) is 4.90 Å². The minimum atomic E-state index is -3.53. The van der Waals surface area contributed by atoms with Crippen molar-refractivity contribution in [3.63, 3.8) is 0 Å². The quantitative estimate of drug-likeness (QED) is 0.767. The van der Waals surface area contributed by atoms with E-state index >= 15 is 0 Å². The number of carbonyl (C=O) groups is 1. The second-order valence-corrected chi connectivity index (χ2v) is 8.10. The molecule has 2 N–H and O–H groups in total. The summed E-state index contributed by atoms with van der Waals surface area (Å²) in [5, 5.41) is 5.00. The number of nitrogens with zero attached hydrogens (tertiary/aromatic N) is 1. The first-order valence-electron chi connectivity index (χ1n) is 8.29. The summed E-state index contributed by atoms with van der Waals surface area (Å²) in [6, 6.07) is 8.04. The molecule has 1 unspecified atom stereocenters. The Morgan fingerprint density at radius 3 is 2.83 bits per heavy atom. The first-order chi connectivity index (χ1) is 11.3. The molecule has 1 atom stereocenters. The van der Waals surface area contributed by atoms with Crippen LogP contribution in [-0.4, -0.2) is 44.2 Å². The summed E-state index contributed by atoms with van der Waals surface area (Å²) in [4.78, 5) is 14.3. The molecule has 7 heteroatoms. The van der Waals surface area contributed by atoms with Gasteiger partial charge in [-0.2, -0.15) is 0 Å². The average Bonchev–Trinajstić information content (AvgIpc) is 2.98. The van der Waals surface area contributed by atoms with E-state index in [-0.39, 0.29) is 30.6 Å². The molecule has 1 aliphatic heterocycles. The first-order valence-corrected chi connectivity index (χ1v) is 10.0. The van der Waals surface area contributed by atoms with Crippen LogP contribution in [0.25, 0.3) is 0 Å². The molecule has 1 saturated heterocycles. The van der Waals surface area contributed by atoms with E-state index in [1.54, 1.807) is 4.90 Å². The van der Waals surface area contributed by atoms with Gasteiger partial charge < -0.3 is 9.64 Å². The fraction of sp³-hybridized carbons (Fsp3) is 0.588. The highest BCUT2D eigenvalue weighted by molar-refractivity contribution is 7.89. The molecule has 0 radical (unpaired) electrons. The number of hydrogen-bond acceptors (Lipinski definition) is 4. The fourth-order valence-corrected chi connectivity index (χ4v) is 3.45. The zero-order chi connectivity index (χ0) is 17.6. The topological polar surface area (TPSA) is 89.7 Å². The largest absolute Gasteiger partial charge is 0.376 e. The van der Waals surface area contributed by atoms with E-state index in [4.69, 9.17) is 9.88 Å². The van der Waals surface area contributed by atoms with E-state index in [0.29, 0.717) is 13.1 Å². The summed E-state index contributed by atoms with van der Waals surface area (Å²) >= 11 is 0. The van der Waals surface area contributed by atoms with Gasteiger partial charge in [0.05, 0.1) is 11.9 Å². The van der Waals surface area contributed by atoms with Gasteiger partial charge in [-0.15, -0.1) is 0 Å². The lowest BCUT2D eigenvalue weighted by Gasteiger charge is -2.26. The van der Waals surface area contributed by atoms with Crippen LogP contribution < -0.4 is 5.14 Å². The van der Waals surface area contributed by atoms with E-state index in [1.807, 2.05) is 25.1 Å². The molecule has 0 aliphatic carbocycles. The number of aryl methyl sites for hydroxylation is 1. The summed E-state index contributed by atoms with van der Waals surface area (Å²) in [6.45, 7) is 3.81. The second-order valence-electron chi connectivity index (χ2n) is 6.37. The summed E-state index contributed by atoms with van der Waals surface area (Å²) in [5.41, 5.74) is 2.21. The molecule has 2 rings (SSSR count). The van der Waals surface area contributed by atoms with Crippen molar-refractivity contribution in [3.05, 3.63) is 35.4 Å². The summed E-state index contributed by atoms with van der Waals surface area (Å²) in [6.07, 6.45) is 2.46. The third-order valence-corrected chi connectivity index (χ3v) is 4.93. The number of sulfonamides is 1. The van der Waals surface area contributed by atoms with Gasteiger partial charge in [-0.1, -0.05) is 29.8 Å². The zero-order valence-electron chi connectivity index (χ0n) is 14.1. The van der Waals surface area contributed by atoms with E-state index in [9.17, 15) is 13.2 Å². The van der Waals surface area contributed by atoms with Crippen LogP contribution in [0, 0.1) is 6.92 Å². The SMILES string of the molecule is Cc1cccc(CN(CC2CCCO2)C(=O)CCCS(N)(=O)=O)c1. The van der Waals surface area contributed by atoms with Crippen molar-refractivity contribution >= 4 is 15.9 Å². The molecule has 134 valence electrons. The molecule has 0 saturated carbocycles. The van der Waals surface area contributed by atoms with Crippen molar-refractivity contribution in [3.8, 4) is 0 Å². The third kappa shape index (κ3) is 6.59. The Bertz CT molecular complexity index is 654. The fourth-order valence-electron chi connectivity index (χ4n) is 2.90. The lowest BCUT2D eigenvalue weighted by molar-refractivity contribution is -0.133. The molecule has 0 spiro atoms. The number of ether oxygens (including phenoxy) is 1. The van der Waals surface area contributed by atoms with Crippen LogP contribution in [0.3, 0.4) is 0 Å². The lowest BCUT2D eigenvalue weighted by atomic mass is 10.1. The number of amides is 1. The van der Waals surface area contributed by atoms with Crippen molar-refractivity contribution < 1.29 is 17.9 Å². The van der Waals surface area contributed by atoms with Crippen molar-refractivity contribution in [1.29, 1.82) is 0 Å². The predicted octanol–water partition coefficient (Wildman–Crippen LogP) is 1.57. The maximum absolute atomic E-state index is 12.5. The highest BCUT2D eigenvalue weighted by atomic mass is 32.2. The number of benzene rings is 1. The van der Waals surface area contributed by atoms with E-state index < -0.39 is 10.0 Å². The van der Waals surface area contributed by atoms with Gasteiger partial charge in [-0.3, -0.25) is 4.79 Å². The minimum absolute atomic E-state index is 0.0596. The van der Waals surface area contributed by atoms with Gasteiger partial charge in [0.25, 0.3) is 0 Å². The summed E-state index contributed by atoms with van der Waals surface area (Å²) in [5.74, 6) is -0.229. The molecular formula is C17H26N2O4S. The zero-order valence-corrected chi connectivity index (χ0v) is 14.9. The van der Waals surface area contributed by atoms with Crippen molar-refractivity contribution in [2.75, 3.05) is 18.9 Å². The molecule has 6 nitrogen and oxygen atoms in total. The molecule has 1 aromatic rings. The number of primary sulfonamides is 1. The average molecular weight is 354 g/mol. The van der Waals surface area contributed by atoms with Gasteiger partial charge in [-0.05, 0) is 31.7 Å². The maximum Gasteiger partial charge on any atom is 0.222 e. The van der Waals surface area contributed by atoms with Gasteiger partial charge in [0, 0.05) is 26.1 Å². The molecular weight excluding hydrogens is 328 g/mol. The molecule has 1 aromatic carbocycles. The summed E-state index contributed by atoms with van der Waals surface area (Å²) in [7, 11) is -3.53. The third-order valence-electron chi connectivity index (χ3n) is 4.08.